The zero-order chi connectivity index (χ0) is 28.7. The summed E-state index contributed by atoms with van der Waals surface area (Å²) in [5.41, 5.74) is 4.95. The molecule has 1 aromatic carbocycles. The molecule has 0 bridgehead atoms. The van der Waals surface area contributed by atoms with Gasteiger partial charge in [0, 0.05) is 56.5 Å². The van der Waals surface area contributed by atoms with Crippen LogP contribution in [0.4, 0.5) is 5.69 Å². The Kier molecular flexibility index (Phi) is 6.17. The summed E-state index contributed by atoms with van der Waals surface area (Å²) in [4.78, 5) is 44.9. The molecule has 11 heteroatoms. The maximum atomic E-state index is 14.0. The summed E-state index contributed by atoms with van der Waals surface area (Å²) in [6.07, 6.45) is 2.08. The SMILES string of the molecule is C=CCN1Cc2c(O)c3c(c(N(C)C)c2C1)C[C@H]1C[C@H]2[C@H](N(C)C)C(=O)C(C(N)=O)=C(O)[C@@]2(O)C(=O)C1=C3O. The number of aliphatic hydroxyl groups is 3. The van der Waals surface area contributed by atoms with Crippen LogP contribution in [-0.4, -0.2) is 94.1 Å². The van der Waals surface area contributed by atoms with Crippen molar-refractivity contribution < 1.29 is 34.8 Å². The van der Waals surface area contributed by atoms with E-state index in [-0.39, 0.29) is 29.7 Å². The number of carbonyl (C=O) groups excluding carboxylic acids is 3. The predicted octanol–water partition coefficient (Wildman–Crippen LogP) is 0.532. The quantitative estimate of drug-likeness (QED) is 0.263. The highest BCUT2D eigenvalue weighted by Gasteiger charge is 2.64. The Morgan fingerprint density at radius 3 is 2.33 bits per heavy atom. The fourth-order valence-corrected chi connectivity index (χ4v) is 7.16. The lowest BCUT2D eigenvalue weighted by Crippen LogP contribution is -2.65. The van der Waals surface area contributed by atoms with Gasteiger partial charge in [0.2, 0.25) is 5.78 Å². The van der Waals surface area contributed by atoms with Gasteiger partial charge in [-0.2, -0.15) is 0 Å². The topological polar surface area (TPSA) is 168 Å². The Hall–Kier alpha value is -3.67. The van der Waals surface area contributed by atoms with E-state index in [2.05, 4.69) is 11.5 Å². The number of primary amides is 1. The van der Waals surface area contributed by atoms with Crippen molar-refractivity contribution in [2.24, 2.45) is 17.6 Å². The second kappa shape index (κ2) is 8.94. The van der Waals surface area contributed by atoms with Crippen LogP contribution in [0.15, 0.2) is 29.6 Å². The minimum absolute atomic E-state index is 0.0546. The standard InChI is InChI=1S/C28H34N4O7/c1-6-7-32-10-14-15(11-32)22(33)18-13(20(14)30(2)3)8-12-9-16-21(31(4)5)24(35)19(27(29)38)26(37)28(16,39)25(36)17(12)23(18)34/h6,12,16,21,33-34,37,39H,1,7-11H2,2-5H3,(H2,29,38)/t12-,16-,21-,28-/m0/s1. The molecule has 11 nitrogen and oxygen atoms in total. The fourth-order valence-electron chi connectivity index (χ4n) is 7.16. The molecule has 39 heavy (non-hydrogen) atoms. The minimum Gasteiger partial charge on any atom is -0.508 e. The zero-order valence-electron chi connectivity index (χ0n) is 22.5. The van der Waals surface area contributed by atoms with Gasteiger partial charge in [-0.15, -0.1) is 6.58 Å². The molecule has 6 N–H and O–H groups in total. The molecule has 1 aliphatic heterocycles. The molecule has 1 fully saturated rings. The van der Waals surface area contributed by atoms with Crippen molar-refractivity contribution >= 4 is 28.9 Å². The molecule has 1 aromatic rings. The van der Waals surface area contributed by atoms with E-state index in [1.807, 2.05) is 19.0 Å². The molecule has 0 radical (unpaired) electrons. The molecule has 1 amide bonds. The van der Waals surface area contributed by atoms with Crippen molar-refractivity contribution in [3.63, 3.8) is 0 Å². The number of rotatable bonds is 5. The van der Waals surface area contributed by atoms with Gasteiger partial charge in [0.15, 0.2) is 11.4 Å². The summed E-state index contributed by atoms with van der Waals surface area (Å²) in [5.74, 6) is -6.46. The van der Waals surface area contributed by atoms with Crippen LogP contribution in [0.2, 0.25) is 0 Å². The highest BCUT2D eigenvalue weighted by atomic mass is 16.3. The molecule has 0 spiro atoms. The molecule has 4 aliphatic rings. The minimum atomic E-state index is -2.65. The molecule has 0 aromatic heterocycles. The van der Waals surface area contributed by atoms with Crippen LogP contribution in [0.3, 0.4) is 0 Å². The maximum Gasteiger partial charge on any atom is 0.255 e. The fraction of sp³-hybridized carbons (Fsp3) is 0.464. The van der Waals surface area contributed by atoms with Crippen molar-refractivity contribution in [3.05, 3.63) is 51.8 Å². The van der Waals surface area contributed by atoms with E-state index in [4.69, 9.17) is 5.73 Å². The molecular weight excluding hydrogens is 504 g/mol. The molecule has 0 unspecified atom stereocenters. The average Bonchev–Trinajstić information content (AvgIpc) is 3.24. The maximum absolute atomic E-state index is 14.0. The monoisotopic (exact) mass is 538 g/mol. The average molecular weight is 539 g/mol. The number of Topliss-reactive ketones (excluding diaryl/α,β-unsaturated/α-hetero) is 2. The van der Waals surface area contributed by atoms with E-state index in [9.17, 15) is 34.8 Å². The number of fused-ring (bicyclic) bond motifs is 4. The van der Waals surface area contributed by atoms with Gasteiger partial charge >= 0.3 is 0 Å². The van der Waals surface area contributed by atoms with Gasteiger partial charge in [-0.1, -0.05) is 6.08 Å². The van der Waals surface area contributed by atoms with Crippen molar-refractivity contribution in [1.29, 1.82) is 0 Å². The van der Waals surface area contributed by atoms with E-state index >= 15 is 0 Å². The third-order valence-corrected chi connectivity index (χ3v) is 8.67. The Bertz CT molecular complexity index is 1410. The first-order valence-electron chi connectivity index (χ1n) is 12.8. The number of carbonyl (C=O) groups is 3. The second-order valence-corrected chi connectivity index (χ2v) is 11.3. The molecule has 4 atom stereocenters. The van der Waals surface area contributed by atoms with Gasteiger partial charge < -0.3 is 31.1 Å². The normalized spacial score (nSPS) is 28.3. The van der Waals surface area contributed by atoms with E-state index in [1.54, 1.807) is 20.2 Å². The van der Waals surface area contributed by atoms with Gasteiger partial charge in [0.05, 0.1) is 11.6 Å². The van der Waals surface area contributed by atoms with Crippen molar-refractivity contribution in [2.45, 2.75) is 37.6 Å². The number of amides is 1. The summed E-state index contributed by atoms with van der Waals surface area (Å²) < 4.78 is 0. The number of aliphatic hydroxyl groups excluding tert-OH is 2. The van der Waals surface area contributed by atoms with E-state index in [0.29, 0.717) is 30.8 Å². The Labute approximate surface area is 226 Å². The number of phenolic OH excluding ortho intramolecular Hbond substituents is 1. The molecule has 208 valence electrons. The highest BCUT2D eigenvalue weighted by Crippen LogP contribution is 2.55. The summed E-state index contributed by atoms with van der Waals surface area (Å²) >= 11 is 0. The number of aromatic hydroxyl groups is 1. The number of phenols is 1. The smallest absolute Gasteiger partial charge is 0.255 e. The third-order valence-electron chi connectivity index (χ3n) is 8.67. The lowest BCUT2D eigenvalue weighted by molar-refractivity contribution is -0.153. The predicted molar refractivity (Wildman–Crippen MR) is 143 cm³/mol. The number of ketones is 2. The highest BCUT2D eigenvalue weighted by molar-refractivity contribution is 6.24. The first-order valence-corrected chi connectivity index (χ1v) is 12.8. The molecule has 5 rings (SSSR count). The van der Waals surface area contributed by atoms with E-state index in [0.717, 1.165) is 11.3 Å². The lowest BCUT2D eigenvalue weighted by atomic mass is 9.57. The Morgan fingerprint density at radius 2 is 1.77 bits per heavy atom. The number of anilines is 1. The van der Waals surface area contributed by atoms with Gasteiger partial charge in [-0.05, 0) is 44.0 Å². The zero-order valence-corrected chi connectivity index (χ0v) is 22.5. The number of nitrogens with zero attached hydrogens (tertiary/aromatic N) is 3. The molecule has 1 saturated carbocycles. The van der Waals surface area contributed by atoms with Crippen LogP contribution in [0.5, 0.6) is 5.75 Å². The van der Waals surface area contributed by atoms with Gasteiger partial charge in [0.1, 0.15) is 22.8 Å². The third kappa shape index (κ3) is 3.49. The Balaban J connectivity index is 1.75. The van der Waals surface area contributed by atoms with Crippen LogP contribution < -0.4 is 10.6 Å². The molecule has 0 saturated heterocycles. The molecule has 1 heterocycles. The first kappa shape index (κ1) is 26.9. The summed E-state index contributed by atoms with van der Waals surface area (Å²) in [7, 11) is 6.91. The van der Waals surface area contributed by atoms with E-state index in [1.165, 1.54) is 4.90 Å². The largest absolute Gasteiger partial charge is 0.508 e. The van der Waals surface area contributed by atoms with Crippen LogP contribution in [0.1, 0.15) is 28.7 Å². The number of hydrogen-bond donors (Lipinski definition) is 5. The lowest BCUT2D eigenvalue weighted by Gasteiger charge is -2.50. The Morgan fingerprint density at radius 1 is 1.13 bits per heavy atom. The van der Waals surface area contributed by atoms with Crippen LogP contribution in [0.25, 0.3) is 5.76 Å². The number of likely N-dealkylation sites (N-methyl/N-ethyl adjacent to an activating group) is 1. The molecule has 3 aliphatic carbocycles. The number of hydrogen-bond acceptors (Lipinski definition) is 10. The van der Waals surface area contributed by atoms with Crippen LogP contribution in [-0.2, 0) is 33.9 Å². The van der Waals surface area contributed by atoms with Crippen molar-refractivity contribution in [3.8, 4) is 5.75 Å². The van der Waals surface area contributed by atoms with Crippen LogP contribution in [0, 0.1) is 11.8 Å². The van der Waals surface area contributed by atoms with Gasteiger partial charge in [-0.3, -0.25) is 24.2 Å². The van der Waals surface area contributed by atoms with Gasteiger partial charge in [-0.25, -0.2) is 0 Å². The van der Waals surface area contributed by atoms with Crippen molar-refractivity contribution in [2.75, 3.05) is 39.6 Å². The summed E-state index contributed by atoms with van der Waals surface area (Å²) in [6.45, 7) is 5.39. The van der Waals surface area contributed by atoms with E-state index < -0.39 is 58.0 Å². The number of benzene rings is 1. The van der Waals surface area contributed by atoms with Crippen LogP contribution >= 0.6 is 0 Å². The van der Waals surface area contributed by atoms with Gasteiger partial charge in [0.25, 0.3) is 5.91 Å². The summed E-state index contributed by atoms with van der Waals surface area (Å²) in [6, 6.07) is -1.11. The second-order valence-electron chi connectivity index (χ2n) is 11.3. The molecular formula is C28H34N4O7. The summed E-state index contributed by atoms with van der Waals surface area (Å²) in [5, 5.41) is 45.7. The number of nitrogens with two attached hydrogens (primary N) is 1. The first-order chi connectivity index (χ1) is 18.3. The van der Waals surface area contributed by atoms with Crippen molar-refractivity contribution in [1.82, 2.24) is 9.80 Å².